The Morgan fingerprint density at radius 1 is 0.850 bits per heavy atom. The predicted octanol–water partition coefficient (Wildman–Crippen LogP) is 2.50. The van der Waals surface area contributed by atoms with Crippen LogP contribution < -0.4 is 14.2 Å². The number of hydrogen-bond acceptors (Lipinski definition) is 4. The van der Waals surface area contributed by atoms with E-state index in [0.29, 0.717) is 11.4 Å². The number of methoxy groups -OCH3 is 2. The van der Waals surface area contributed by atoms with Crippen LogP contribution in [0.3, 0.4) is 0 Å². The minimum absolute atomic E-state index is 0.0772. The molecule has 0 spiro atoms. The van der Waals surface area contributed by atoms with Gasteiger partial charge in [-0.2, -0.15) is 0 Å². The van der Waals surface area contributed by atoms with Gasteiger partial charge in [-0.05, 0) is 24.3 Å². The monoisotopic (exact) mass is 293 g/mol. The molecule has 0 aliphatic carbocycles. The average Bonchev–Trinajstić information content (AvgIpc) is 2.47. The van der Waals surface area contributed by atoms with E-state index in [4.69, 9.17) is 9.47 Å². The van der Waals surface area contributed by atoms with Gasteiger partial charge < -0.3 is 9.47 Å². The number of para-hydroxylation sites is 3. The Morgan fingerprint density at radius 2 is 1.40 bits per heavy atom. The molecule has 0 bridgehead atoms. The normalized spacial score (nSPS) is 10.9. The maximum Gasteiger partial charge on any atom is 0.265 e. The Labute approximate surface area is 118 Å². The summed E-state index contributed by atoms with van der Waals surface area (Å²) in [6, 6.07) is 13.2. The van der Waals surface area contributed by atoms with Gasteiger partial charge in [0.05, 0.1) is 19.9 Å². The Kier molecular flexibility index (Phi) is 4.14. The summed E-state index contributed by atoms with van der Waals surface area (Å²) >= 11 is 0. The summed E-state index contributed by atoms with van der Waals surface area (Å²) in [6.45, 7) is 0. The highest BCUT2D eigenvalue weighted by Crippen LogP contribution is 2.29. The van der Waals surface area contributed by atoms with E-state index in [9.17, 15) is 8.42 Å². The molecule has 0 fully saturated rings. The first-order valence-corrected chi connectivity index (χ1v) is 7.35. The number of rotatable bonds is 5. The first-order chi connectivity index (χ1) is 9.58. The second kappa shape index (κ2) is 5.83. The third-order valence-corrected chi connectivity index (χ3v) is 4.11. The molecule has 2 aromatic carbocycles. The highest BCUT2D eigenvalue weighted by molar-refractivity contribution is 7.92. The second-order valence-electron chi connectivity index (χ2n) is 3.96. The van der Waals surface area contributed by atoms with E-state index in [1.165, 1.54) is 20.3 Å². The molecule has 0 atom stereocenters. The third-order valence-electron chi connectivity index (χ3n) is 2.71. The quantitative estimate of drug-likeness (QED) is 0.920. The molecule has 0 heterocycles. The molecule has 0 unspecified atom stereocenters. The zero-order valence-electron chi connectivity index (χ0n) is 11.2. The number of anilines is 1. The molecule has 0 aromatic heterocycles. The molecule has 0 amide bonds. The van der Waals surface area contributed by atoms with Crippen molar-refractivity contribution in [1.82, 2.24) is 0 Å². The lowest BCUT2D eigenvalue weighted by molar-refractivity contribution is 0.403. The summed E-state index contributed by atoms with van der Waals surface area (Å²) in [4.78, 5) is 0.0772. The molecule has 0 aliphatic rings. The molecule has 0 radical (unpaired) electrons. The zero-order chi connectivity index (χ0) is 14.6. The van der Waals surface area contributed by atoms with Gasteiger partial charge in [0, 0.05) is 0 Å². The van der Waals surface area contributed by atoms with Gasteiger partial charge in [-0.3, -0.25) is 4.72 Å². The Balaban J connectivity index is 2.41. The number of ether oxygens (including phenoxy) is 2. The van der Waals surface area contributed by atoms with Crippen LogP contribution in [-0.2, 0) is 10.0 Å². The number of hydrogen-bond donors (Lipinski definition) is 1. The predicted molar refractivity (Wildman–Crippen MR) is 76.8 cm³/mol. The number of nitrogens with one attached hydrogen (secondary N) is 1. The minimum Gasteiger partial charge on any atom is -0.495 e. The van der Waals surface area contributed by atoms with Crippen molar-refractivity contribution in [1.29, 1.82) is 0 Å². The van der Waals surface area contributed by atoms with Crippen LogP contribution in [0.5, 0.6) is 11.5 Å². The lowest BCUT2D eigenvalue weighted by atomic mass is 10.3. The fraction of sp³-hybridized carbons (Fsp3) is 0.143. The van der Waals surface area contributed by atoms with E-state index < -0.39 is 10.0 Å². The van der Waals surface area contributed by atoms with Crippen molar-refractivity contribution in [3.05, 3.63) is 48.5 Å². The van der Waals surface area contributed by atoms with Crippen molar-refractivity contribution < 1.29 is 17.9 Å². The van der Waals surface area contributed by atoms with Gasteiger partial charge >= 0.3 is 0 Å². The van der Waals surface area contributed by atoms with Gasteiger partial charge in [0.2, 0.25) is 0 Å². The van der Waals surface area contributed by atoms with E-state index in [-0.39, 0.29) is 10.6 Å². The fourth-order valence-electron chi connectivity index (χ4n) is 1.77. The Morgan fingerprint density at radius 3 is 2.05 bits per heavy atom. The smallest absolute Gasteiger partial charge is 0.265 e. The van der Waals surface area contributed by atoms with Crippen molar-refractivity contribution in [2.75, 3.05) is 18.9 Å². The molecule has 106 valence electrons. The lowest BCUT2D eigenvalue weighted by Gasteiger charge is -2.13. The lowest BCUT2D eigenvalue weighted by Crippen LogP contribution is -2.14. The first kappa shape index (κ1) is 14.2. The SMILES string of the molecule is COc1ccccc1NS(=O)(=O)c1ccccc1OC. The van der Waals surface area contributed by atoms with E-state index in [0.717, 1.165) is 0 Å². The molecule has 6 heteroatoms. The van der Waals surface area contributed by atoms with Crippen LogP contribution in [0.1, 0.15) is 0 Å². The van der Waals surface area contributed by atoms with Crippen LogP contribution in [0.25, 0.3) is 0 Å². The Bertz CT molecular complexity index is 698. The van der Waals surface area contributed by atoms with Gasteiger partial charge in [-0.25, -0.2) is 8.42 Å². The summed E-state index contributed by atoms with van der Waals surface area (Å²) in [5.74, 6) is 0.737. The first-order valence-electron chi connectivity index (χ1n) is 5.87. The third kappa shape index (κ3) is 2.85. The van der Waals surface area contributed by atoms with E-state index >= 15 is 0 Å². The van der Waals surface area contributed by atoms with Gasteiger partial charge in [-0.15, -0.1) is 0 Å². The summed E-state index contributed by atoms with van der Waals surface area (Å²) in [5.41, 5.74) is 0.376. The van der Waals surface area contributed by atoms with Gasteiger partial charge in [-0.1, -0.05) is 24.3 Å². The average molecular weight is 293 g/mol. The fourth-order valence-corrected chi connectivity index (χ4v) is 3.01. The second-order valence-corrected chi connectivity index (χ2v) is 5.61. The minimum atomic E-state index is -3.74. The maximum atomic E-state index is 12.4. The molecule has 20 heavy (non-hydrogen) atoms. The van der Waals surface area contributed by atoms with Crippen molar-refractivity contribution in [2.24, 2.45) is 0 Å². The maximum absolute atomic E-state index is 12.4. The molecule has 0 saturated carbocycles. The molecule has 1 N–H and O–H groups in total. The molecule has 5 nitrogen and oxygen atoms in total. The zero-order valence-corrected chi connectivity index (χ0v) is 12.0. The largest absolute Gasteiger partial charge is 0.495 e. The van der Waals surface area contributed by atoms with E-state index in [2.05, 4.69) is 4.72 Å². The van der Waals surface area contributed by atoms with Crippen molar-refractivity contribution in [2.45, 2.75) is 4.90 Å². The van der Waals surface area contributed by atoms with Crippen LogP contribution in [0, 0.1) is 0 Å². The van der Waals surface area contributed by atoms with Crippen LogP contribution >= 0.6 is 0 Å². The standard InChI is InChI=1S/C14H15NO4S/c1-18-12-8-4-3-7-11(12)15-20(16,17)14-10-6-5-9-13(14)19-2/h3-10,15H,1-2H3. The number of sulfonamides is 1. The topological polar surface area (TPSA) is 64.6 Å². The summed E-state index contributed by atoms with van der Waals surface area (Å²) in [6.07, 6.45) is 0. The van der Waals surface area contributed by atoms with Crippen LogP contribution in [0.2, 0.25) is 0 Å². The molecule has 2 aromatic rings. The highest BCUT2D eigenvalue weighted by atomic mass is 32.2. The summed E-state index contributed by atoms with van der Waals surface area (Å²) < 4.78 is 37.5. The highest BCUT2D eigenvalue weighted by Gasteiger charge is 2.20. The van der Waals surface area contributed by atoms with E-state index in [1.54, 1.807) is 42.5 Å². The summed E-state index contributed by atoms with van der Waals surface area (Å²) in [5, 5.41) is 0. The van der Waals surface area contributed by atoms with Crippen LogP contribution in [-0.4, -0.2) is 22.6 Å². The van der Waals surface area contributed by atoms with E-state index in [1.807, 2.05) is 0 Å². The van der Waals surface area contributed by atoms with Crippen molar-refractivity contribution >= 4 is 15.7 Å². The van der Waals surface area contributed by atoms with Crippen LogP contribution in [0.15, 0.2) is 53.4 Å². The van der Waals surface area contributed by atoms with Crippen molar-refractivity contribution in [3.63, 3.8) is 0 Å². The van der Waals surface area contributed by atoms with Gasteiger partial charge in [0.1, 0.15) is 16.4 Å². The van der Waals surface area contributed by atoms with Gasteiger partial charge in [0.25, 0.3) is 10.0 Å². The van der Waals surface area contributed by atoms with Crippen molar-refractivity contribution in [3.8, 4) is 11.5 Å². The molecule has 0 saturated heterocycles. The molecule has 2 rings (SSSR count). The number of benzene rings is 2. The van der Waals surface area contributed by atoms with Crippen LogP contribution in [0.4, 0.5) is 5.69 Å². The molecular weight excluding hydrogens is 278 g/mol. The van der Waals surface area contributed by atoms with Gasteiger partial charge in [0.15, 0.2) is 0 Å². The molecule has 0 aliphatic heterocycles. The Hall–Kier alpha value is -2.21. The molecular formula is C14H15NO4S. The summed E-state index contributed by atoms with van der Waals surface area (Å²) in [7, 11) is -0.833.